The molecule has 0 unspecified atom stereocenters. The van der Waals surface area contributed by atoms with Gasteiger partial charge in [0.25, 0.3) is 0 Å². The molecule has 0 amide bonds. The molecule has 2 atom stereocenters. The van der Waals surface area contributed by atoms with Gasteiger partial charge in [0.2, 0.25) is 5.79 Å². The van der Waals surface area contributed by atoms with Gasteiger partial charge >= 0.3 is 0 Å². The largest absolute Gasteiger partial charge is 0.344 e. The molecular formula is C15H20O3. The van der Waals surface area contributed by atoms with E-state index >= 15 is 0 Å². The minimum Gasteiger partial charge on any atom is -0.344 e. The first-order valence-electron chi connectivity index (χ1n) is 6.82. The van der Waals surface area contributed by atoms with Gasteiger partial charge in [-0.05, 0) is 18.4 Å². The van der Waals surface area contributed by atoms with Crippen LogP contribution in [-0.4, -0.2) is 18.5 Å². The van der Waals surface area contributed by atoms with Crippen molar-refractivity contribution in [2.24, 2.45) is 0 Å². The lowest BCUT2D eigenvalue weighted by atomic mass is 9.95. The van der Waals surface area contributed by atoms with Crippen LogP contribution in [-0.2, 0) is 14.5 Å². The van der Waals surface area contributed by atoms with Crippen LogP contribution in [0.3, 0.4) is 0 Å². The highest BCUT2D eigenvalue weighted by Gasteiger charge is 2.43. The molecule has 1 aliphatic carbocycles. The van der Waals surface area contributed by atoms with Crippen LogP contribution in [0.25, 0.3) is 0 Å². The predicted octanol–water partition coefficient (Wildman–Crippen LogP) is 3.41. The van der Waals surface area contributed by atoms with Crippen LogP contribution in [0.5, 0.6) is 0 Å². The summed E-state index contributed by atoms with van der Waals surface area (Å²) in [5, 5.41) is 0. The number of hydrogen-bond acceptors (Lipinski definition) is 3. The Labute approximate surface area is 108 Å². The molecule has 0 N–H and O–H groups in total. The van der Waals surface area contributed by atoms with Crippen LogP contribution in [0, 0.1) is 0 Å². The summed E-state index contributed by atoms with van der Waals surface area (Å²) in [6, 6.07) is 10.4. The summed E-state index contributed by atoms with van der Waals surface area (Å²) in [4.78, 5) is 11.2. The Balaban J connectivity index is 1.62. The van der Waals surface area contributed by atoms with Gasteiger partial charge in [-0.15, -0.1) is 0 Å². The molecule has 1 saturated heterocycles. The minimum atomic E-state index is -0.438. The zero-order chi connectivity index (χ0) is 12.4. The molecular weight excluding hydrogens is 228 g/mol. The molecule has 1 spiro atoms. The Hall–Kier alpha value is -0.900. The normalized spacial score (nSPS) is 28.4. The second-order valence-electron chi connectivity index (χ2n) is 5.35. The molecule has 2 aliphatic rings. The Morgan fingerprint density at radius 1 is 1.17 bits per heavy atom. The average molecular weight is 248 g/mol. The van der Waals surface area contributed by atoms with Crippen LogP contribution in [0.1, 0.15) is 44.1 Å². The highest BCUT2D eigenvalue weighted by Crippen LogP contribution is 2.39. The van der Waals surface area contributed by atoms with Crippen LogP contribution in [0.4, 0.5) is 0 Å². The monoisotopic (exact) mass is 248 g/mol. The fourth-order valence-corrected chi connectivity index (χ4v) is 2.78. The van der Waals surface area contributed by atoms with Crippen molar-refractivity contribution >= 4 is 0 Å². The van der Waals surface area contributed by atoms with Crippen LogP contribution in [0.15, 0.2) is 30.3 Å². The third-order valence-corrected chi connectivity index (χ3v) is 4.08. The van der Waals surface area contributed by atoms with Crippen molar-refractivity contribution in [2.75, 3.05) is 6.61 Å². The first-order valence-corrected chi connectivity index (χ1v) is 6.82. The van der Waals surface area contributed by atoms with E-state index in [1.807, 2.05) is 6.07 Å². The second-order valence-corrected chi connectivity index (χ2v) is 5.35. The molecule has 1 heterocycles. The number of rotatable bonds is 2. The van der Waals surface area contributed by atoms with Crippen molar-refractivity contribution in [3.05, 3.63) is 35.9 Å². The molecule has 1 aromatic carbocycles. The molecule has 18 heavy (non-hydrogen) atoms. The van der Waals surface area contributed by atoms with E-state index in [2.05, 4.69) is 31.2 Å². The Bertz CT molecular complexity index is 374. The van der Waals surface area contributed by atoms with Crippen molar-refractivity contribution in [2.45, 2.75) is 50.4 Å². The lowest BCUT2D eigenvalue weighted by Gasteiger charge is -2.37. The molecule has 3 heteroatoms. The summed E-state index contributed by atoms with van der Waals surface area (Å²) in [7, 11) is 0. The van der Waals surface area contributed by atoms with Gasteiger partial charge < -0.3 is 4.74 Å². The summed E-state index contributed by atoms with van der Waals surface area (Å²) in [6.45, 7) is 2.77. The fourth-order valence-electron chi connectivity index (χ4n) is 2.78. The van der Waals surface area contributed by atoms with Gasteiger partial charge in [0, 0.05) is 18.8 Å². The van der Waals surface area contributed by atoms with Gasteiger partial charge in [0.15, 0.2) is 0 Å². The quantitative estimate of drug-likeness (QED) is 0.751. The lowest BCUT2D eigenvalue weighted by molar-refractivity contribution is -0.486. The molecule has 3 nitrogen and oxygen atoms in total. The first kappa shape index (κ1) is 12.2. The van der Waals surface area contributed by atoms with Crippen molar-refractivity contribution in [3.8, 4) is 0 Å². The third-order valence-electron chi connectivity index (χ3n) is 4.08. The van der Waals surface area contributed by atoms with Gasteiger partial charge in [-0.25, -0.2) is 9.78 Å². The maximum atomic E-state index is 5.93. The Morgan fingerprint density at radius 2 is 1.89 bits per heavy atom. The van der Waals surface area contributed by atoms with E-state index in [-0.39, 0.29) is 12.0 Å². The summed E-state index contributed by atoms with van der Waals surface area (Å²) in [5.74, 6) is -0.155. The maximum Gasteiger partial charge on any atom is 0.201 e. The van der Waals surface area contributed by atoms with Gasteiger partial charge in [-0.1, -0.05) is 37.3 Å². The molecule has 0 radical (unpaired) electrons. The minimum absolute atomic E-state index is 0.0152. The second kappa shape index (κ2) is 5.00. The van der Waals surface area contributed by atoms with E-state index in [0.717, 1.165) is 12.8 Å². The van der Waals surface area contributed by atoms with Gasteiger partial charge in [-0.2, -0.15) is 0 Å². The topological polar surface area (TPSA) is 27.7 Å². The molecule has 0 bridgehead atoms. The van der Waals surface area contributed by atoms with Crippen LogP contribution >= 0.6 is 0 Å². The Morgan fingerprint density at radius 3 is 2.50 bits per heavy atom. The summed E-state index contributed by atoms with van der Waals surface area (Å²) < 4.78 is 5.93. The van der Waals surface area contributed by atoms with E-state index in [9.17, 15) is 0 Å². The average Bonchev–Trinajstić information content (AvgIpc) is 2.88. The van der Waals surface area contributed by atoms with Crippen LogP contribution in [0.2, 0.25) is 0 Å². The van der Waals surface area contributed by atoms with E-state index < -0.39 is 5.79 Å². The molecule has 1 aliphatic heterocycles. The first-order chi connectivity index (χ1) is 8.79. The number of ether oxygens (including phenoxy) is 1. The SMILES string of the molecule is C[C@H](c1ccccc1)[C@H]1COC2(CCCC2)OO1. The number of benzene rings is 1. The van der Waals surface area contributed by atoms with Crippen molar-refractivity contribution in [1.82, 2.24) is 0 Å². The smallest absolute Gasteiger partial charge is 0.201 e. The standard InChI is InChI=1S/C15H20O3/c1-12(13-7-3-2-4-8-13)14-11-16-15(18-17-14)9-5-6-10-15/h2-4,7-8,12,14H,5-6,9-11H2,1H3/t12-,14-/m1/s1. The van der Waals surface area contributed by atoms with Crippen molar-refractivity contribution < 1.29 is 14.5 Å². The lowest BCUT2D eigenvalue weighted by Crippen LogP contribution is -2.44. The van der Waals surface area contributed by atoms with Gasteiger partial charge in [0.05, 0.1) is 6.61 Å². The van der Waals surface area contributed by atoms with E-state index in [1.165, 1.54) is 18.4 Å². The molecule has 0 aromatic heterocycles. The third kappa shape index (κ3) is 2.30. The van der Waals surface area contributed by atoms with E-state index in [4.69, 9.17) is 14.5 Å². The summed E-state index contributed by atoms with van der Waals surface area (Å²) in [5.41, 5.74) is 1.26. The van der Waals surface area contributed by atoms with Crippen molar-refractivity contribution in [3.63, 3.8) is 0 Å². The summed E-state index contributed by atoms with van der Waals surface area (Å²) in [6.07, 6.45) is 4.24. The highest BCUT2D eigenvalue weighted by atomic mass is 17.2. The Kier molecular flexibility index (Phi) is 3.37. The zero-order valence-corrected chi connectivity index (χ0v) is 10.8. The summed E-state index contributed by atoms with van der Waals surface area (Å²) >= 11 is 0. The maximum absolute atomic E-state index is 5.93. The van der Waals surface area contributed by atoms with Crippen LogP contribution < -0.4 is 0 Å². The molecule has 1 aromatic rings. The highest BCUT2D eigenvalue weighted by molar-refractivity contribution is 5.20. The van der Waals surface area contributed by atoms with Gasteiger partial charge in [0.1, 0.15) is 6.10 Å². The molecule has 3 rings (SSSR count). The van der Waals surface area contributed by atoms with E-state index in [1.54, 1.807) is 0 Å². The molecule has 2 fully saturated rings. The molecule has 1 saturated carbocycles. The van der Waals surface area contributed by atoms with Gasteiger partial charge in [-0.3, -0.25) is 0 Å². The fraction of sp³-hybridized carbons (Fsp3) is 0.600. The van der Waals surface area contributed by atoms with E-state index in [0.29, 0.717) is 6.61 Å². The number of hydrogen-bond donors (Lipinski definition) is 0. The zero-order valence-electron chi connectivity index (χ0n) is 10.8. The molecule has 98 valence electrons. The predicted molar refractivity (Wildman–Crippen MR) is 68.0 cm³/mol. The van der Waals surface area contributed by atoms with Crippen molar-refractivity contribution in [1.29, 1.82) is 0 Å².